The number of aliphatic hydroxyl groups is 1. The highest BCUT2D eigenvalue weighted by atomic mass is 16.5. The minimum absolute atomic E-state index is 0.474. The lowest BCUT2D eigenvalue weighted by molar-refractivity contribution is 0.197. The standard InChI is InChI=1S/C22H22O3/c1-17(23)20-12-21(24-15-18-8-4-2-5-9-18)14-22(13-20)25-16-19-10-6-3-7-11-19/h2-14,17,23H,15-16H2,1H3/t17-/m1/s1. The molecule has 0 bridgehead atoms. The number of hydrogen-bond acceptors (Lipinski definition) is 3. The molecule has 128 valence electrons. The van der Waals surface area contributed by atoms with Crippen LogP contribution in [0.5, 0.6) is 11.5 Å². The second kappa shape index (κ2) is 8.36. The molecule has 0 aromatic heterocycles. The highest BCUT2D eigenvalue weighted by Gasteiger charge is 2.08. The van der Waals surface area contributed by atoms with Crippen molar-refractivity contribution in [3.05, 3.63) is 95.6 Å². The molecule has 0 heterocycles. The fourth-order valence-corrected chi connectivity index (χ4v) is 2.48. The summed E-state index contributed by atoms with van der Waals surface area (Å²) in [4.78, 5) is 0. The van der Waals surface area contributed by atoms with Crippen molar-refractivity contribution in [3.8, 4) is 11.5 Å². The number of rotatable bonds is 7. The Kier molecular flexibility index (Phi) is 5.70. The van der Waals surface area contributed by atoms with E-state index in [9.17, 15) is 5.11 Å². The SMILES string of the molecule is C[C@@H](O)c1cc(OCc2ccccc2)cc(OCc2ccccc2)c1. The molecule has 0 amide bonds. The van der Waals surface area contributed by atoms with E-state index in [1.807, 2.05) is 78.9 Å². The van der Waals surface area contributed by atoms with E-state index in [0.29, 0.717) is 24.7 Å². The Bertz CT molecular complexity index is 721. The monoisotopic (exact) mass is 334 g/mol. The summed E-state index contributed by atoms with van der Waals surface area (Å²) in [6.45, 7) is 2.68. The van der Waals surface area contributed by atoms with Gasteiger partial charge in [-0.05, 0) is 35.7 Å². The Morgan fingerprint density at radius 2 is 1.16 bits per heavy atom. The quantitative estimate of drug-likeness (QED) is 0.668. The van der Waals surface area contributed by atoms with Gasteiger partial charge in [-0.1, -0.05) is 60.7 Å². The van der Waals surface area contributed by atoms with Gasteiger partial charge in [-0.2, -0.15) is 0 Å². The maximum Gasteiger partial charge on any atom is 0.123 e. The molecule has 0 radical (unpaired) electrons. The first-order valence-electron chi connectivity index (χ1n) is 8.37. The summed E-state index contributed by atoms with van der Waals surface area (Å²) in [5.74, 6) is 1.37. The van der Waals surface area contributed by atoms with Gasteiger partial charge in [0.15, 0.2) is 0 Å². The molecule has 0 unspecified atom stereocenters. The molecule has 0 aliphatic carbocycles. The van der Waals surface area contributed by atoms with E-state index < -0.39 is 6.10 Å². The van der Waals surface area contributed by atoms with Crippen molar-refractivity contribution in [2.75, 3.05) is 0 Å². The molecule has 0 aliphatic rings. The maximum absolute atomic E-state index is 9.93. The molecule has 1 atom stereocenters. The first-order valence-corrected chi connectivity index (χ1v) is 8.37. The molecule has 3 heteroatoms. The van der Waals surface area contributed by atoms with E-state index in [1.165, 1.54) is 0 Å². The lowest BCUT2D eigenvalue weighted by atomic mass is 10.1. The van der Waals surface area contributed by atoms with Gasteiger partial charge in [0.2, 0.25) is 0 Å². The van der Waals surface area contributed by atoms with Crippen LogP contribution in [0.15, 0.2) is 78.9 Å². The third-order valence-corrected chi connectivity index (χ3v) is 3.88. The van der Waals surface area contributed by atoms with Crippen LogP contribution in [0.1, 0.15) is 29.7 Å². The Labute approximate surface area is 148 Å². The molecule has 3 nitrogen and oxygen atoms in total. The molecule has 0 saturated heterocycles. The zero-order valence-corrected chi connectivity index (χ0v) is 14.3. The number of aliphatic hydroxyl groups excluding tert-OH is 1. The molecule has 0 saturated carbocycles. The summed E-state index contributed by atoms with van der Waals surface area (Å²) < 4.78 is 11.8. The summed E-state index contributed by atoms with van der Waals surface area (Å²) in [7, 11) is 0. The van der Waals surface area contributed by atoms with Crippen molar-refractivity contribution in [3.63, 3.8) is 0 Å². The lowest BCUT2D eigenvalue weighted by Gasteiger charge is -2.14. The van der Waals surface area contributed by atoms with Gasteiger partial charge in [-0.25, -0.2) is 0 Å². The first-order chi connectivity index (χ1) is 12.2. The predicted molar refractivity (Wildman–Crippen MR) is 98.6 cm³/mol. The smallest absolute Gasteiger partial charge is 0.123 e. The van der Waals surface area contributed by atoms with Crippen LogP contribution in [0, 0.1) is 0 Å². The molecule has 3 aromatic carbocycles. The second-order valence-corrected chi connectivity index (χ2v) is 5.96. The zero-order valence-electron chi connectivity index (χ0n) is 14.3. The average molecular weight is 334 g/mol. The van der Waals surface area contributed by atoms with Gasteiger partial charge in [0.05, 0.1) is 6.10 Å². The van der Waals surface area contributed by atoms with E-state index >= 15 is 0 Å². The van der Waals surface area contributed by atoms with E-state index in [0.717, 1.165) is 16.7 Å². The molecule has 3 aromatic rings. The molecule has 3 rings (SSSR count). The highest BCUT2D eigenvalue weighted by Crippen LogP contribution is 2.28. The molecule has 0 aliphatic heterocycles. The van der Waals surface area contributed by atoms with Crippen LogP contribution in [0.2, 0.25) is 0 Å². The third kappa shape index (κ3) is 5.10. The van der Waals surface area contributed by atoms with Gasteiger partial charge >= 0.3 is 0 Å². The normalized spacial score (nSPS) is 11.8. The van der Waals surface area contributed by atoms with Crippen molar-refractivity contribution in [1.29, 1.82) is 0 Å². The van der Waals surface area contributed by atoms with Crippen LogP contribution >= 0.6 is 0 Å². The molecular formula is C22H22O3. The Hall–Kier alpha value is -2.78. The number of ether oxygens (including phenoxy) is 2. The Morgan fingerprint density at radius 1 is 0.720 bits per heavy atom. The van der Waals surface area contributed by atoms with Crippen molar-refractivity contribution in [2.24, 2.45) is 0 Å². The summed E-state index contributed by atoms with van der Waals surface area (Å²) in [6.07, 6.45) is -0.584. The van der Waals surface area contributed by atoms with Gasteiger partial charge in [0.25, 0.3) is 0 Å². The molecular weight excluding hydrogens is 312 g/mol. The first kappa shape index (κ1) is 17.1. The van der Waals surface area contributed by atoms with Crippen LogP contribution in [0.3, 0.4) is 0 Å². The minimum Gasteiger partial charge on any atom is -0.489 e. The summed E-state index contributed by atoms with van der Waals surface area (Å²) in [5, 5.41) is 9.93. The maximum atomic E-state index is 9.93. The van der Waals surface area contributed by atoms with Gasteiger partial charge in [0.1, 0.15) is 24.7 Å². The van der Waals surface area contributed by atoms with Crippen LogP contribution in [0.4, 0.5) is 0 Å². The van der Waals surface area contributed by atoms with E-state index in [2.05, 4.69) is 0 Å². The van der Waals surface area contributed by atoms with E-state index in [-0.39, 0.29) is 0 Å². The van der Waals surface area contributed by atoms with Gasteiger partial charge in [-0.15, -0.1) is 0 Å². The molecule has 25 heavy (non-hydrogen) atoms. The average Bonchev–Trinajstić information content (AvgIpc) is 2.66. The van der Waals surface area contributed by atoms with Crippen LogP contribution in [-0.4, -0.2) is 5.11 Å². The number of hydrogen-bond donors (Lipinski definition) is 1. The Balaban J connectivity index is 1.72. The Morgan fingerprint density at radius 3 is 1.56 bits per heavy atom. The third-order valence-electron chi connectivity index (χ3n) is 3.88. The topological polar surface area (TPSA) is 38.7 Å². The summed E-state index contributed by atoms with van der Waals surface area (Å²) in [5.41, 5.74) is 2.96. The van der Waals surface area contributed by atoms with Gasteiger partial charge in [0, 0.05) is 6.07 Å². The van der Waals surface area contributed by atoms with E-state index in [4.69, 9.17) is 9.47 Å². The molecule has 0 spiro atoms. The zero-order chi connectivity index (χ0) is 17.5. The number of benzene rings is 3. The van der Waals surface area contributed by atoms with Gasteiger partial charge in [-0.3, -0.25) is 0 Å². The van der Waals surface area contributed by atoms with Crippen molar-refractivity contribution in [2.45, 2.75) is 26.2 Å². The highest BCUT2D eigenvalue weighted by molar-refractivity contribution is 5.39. The molecule has 0 fully saturated rings. The largest absolute Gasteiger partial charge is 0.489 e. The summed E-state index contributed by atoms with van der Waals surface area (Å²) in [6, 6.07) is 25.5. The van der Waals surface area contributed by atoms with Crippen LogP contribution < -0.4 is 9.47 Å². The van der Waals surface area contributed by atoms with Crippen molar-refractivity contribution in [1.82, 2.24) is 0 Å². The molecule has 1 N–H and O–H groups in total. The lowest BCUT2D eigenvalue weighted by Crippen LogP contribution is -2.00. The van der Waals surface area contributed by atoms with Crippen molar-refractivity contribution >= 4 is 0 Å². The van der Waals surface area contributed by atoms with Crippen molar-refractivity contribution < 1.29 is 14.6 Å². The van der Waals surface area contributed by atoms with Crippen LogP contribution in [0.25, 0.3) is 0 Å². The van der Waals surface area contributed by atoms with Crippen LogP contribution in [-0.2, 0) is 13.2 Å². The second-order valence-electron chi connectivity index (χ2n) is 5.96. The minimum atomic E-state index is -0.584. The summed E-state index contributed by atoms with van der Waals surface area (Å²) >= 11 is 0. The fourth-order valence-electron chi connectivity index (χ4n) is 2.48. The van der Waals surface area contributed by atoms with Gasteiger partial charge < -0.3 is 14.6 Å². The fraction of sp³-hybridized carbons (Fsp3) is 0.182. The predicted octanol–water partition coefficient (Wildman–Crippen LogP) is 4.90. The van der Waals surface area contributed by atoms with E-state index in [1.54, 1.807) is 6.92 Å².